The maximum atomic E-state index is 9.01. The van der Waals surface area contributed by atoms with E-state index >= 15 is 0 Å². The SMILES string of the molecule is N#Cc1cc(Br)ccc1Oc1ccc(I)cc1. The first-order valence-electron chi connectivity index (χ1n) is 4.82. The van der Waals surface area contributed by atoms with Crippen LogP contribution >= 0.6 is 38.5 Å². The molecule has 17 heavy (non-hydrogen) atoms. The van der Waals surface area contributed by atoms with Gasteiger partial charge in [0, 0.05) is 8.04 Å². The normalized spacial score (nSPS) is 9.71. The van der Waals surface area contributed by atoms with Crippen molar-refractivity contribution in [2.24, 2.45) is 0 Å². The molecule has 0 atom stereocenters. The number of nitrogens with zero attached hydrogens (tertiary/aromatic N) is 1. The van der Waals surface area contributed by atoms with E-state index in [1.165, 1.54) is 0 Å². The van der Waals surface area contributed by atoms with Crippen LogP contribution in [0.5, 0.6) is 11.5 Å². The van der Waals surface area contributed by atoms with Crippen molar-refractivity contribution in [3.05, 3.63) is 56.1 Å². The van der Waals surface area contributed by atoms with Crippen molar-refractivity contribution in [2.45, 2.75) is 0 Å². The summed E-state index contributed by atoms with van der Waals surface area (Å²) in [4.78, 5) is 0. The van der Waals surface area contributed by atoms with Crippen molar-refractivity contribution in [3.63, 3.8) is 0 Å². The van der Waals surface area contributed by atoms with Crippen LogP contribution in [0.3, 0.4) is 0 Å². The number of ether oxygens (including phenoxy) is 1. The minimum absolute atomic E-state index is 0.512. The fourth-order valence-corrected chi connectivity index (χ4v) is 2.03. The van der Waals surface area contributed by atoms with E-state index in [1.54, 1.807) is 12.1 Å². The Morgan fingerprint density at radius 1 is 1.12 bits per heavy atom. The summed E-state index contributed by atoms with van der Waals surface area (Å²) in [5.74, 6) is 1.29. The first kappa shape index (κ1) is 12.4. The van der Waals surface area contributed by atoms with Crippen molar-refractivity contribution in [1.29, 1.82) is 5.26 Å². The van der Waals surface area contributed by atoms with E-state index in [0.717, 1.165) is 13.8 Å². The lowest BCUT2D eigenvalue weighted by molar-refractivity contribution is 0.481. The first-order valence-corrected chi connectivity index (χ1v) is 6.69. The fraction of sp³-hybridized carbons (Fsp3) is 0. The van der Waals surface area contributed by atoms with Crippen molar-refractivity contribution in [3.8, 4) is 17.6 Å². The molecule has 4 heteroatoms. The van der Waals surface area contributed by atoms with Gasteiger partial charge >= 0.3 is 0 Å². The average molecular weight is 400 g/mol. The summed E-state index contributed by atoms with van der Waals surface area (Å²) in [5.41, 5.74) is 0.512. The Hall–Kier alpha value is -1.06. The number of hydrogen-bond donors (Lipinski definition) is 0. The molecule has 0 spiro atoms. The third-order valence-corrected chi connectivity index (χ3v) is 3.32. The molecule has 0 heterocycles. The fourth-order valence-electron chi connectivity index (χ4n) is 1.31. The number of benzene rings is 2. The summed E-state index contributed by atoms with van der Waals surface area (Å²) in [5, 5.41) is 9.01. The summed E-state index contributed by atoms with van der Waals surface area (Å²) in [7, 11) is 0. The van der Waals surface area contributed by atoms with Crippen molar-refractivity contribution < 1.29 is 4.74 Å². The smallest absolute Gasteiger partial charge is 0.145 e. The molecule has 0 radical (unpaired) electrons. The molecule has 0 bridgehead atoms. The zero-order chi connectivity index (χ0) is 12.3. The number of halogens is 2. The van der Waals surface area contributed by atoms with Crippen molar-refractivity contribution >= 4 is 38.5 Å². The Morgan fingerprint density at radius 3 is 2.47 bits per heavy atom. The summed E-state index contributed by atoms with van der Waals surface area (Å²) in [6.45, 7) is 0. The third-order valence-electron chi connectivity index (χ3n) is 2.10. The zero-order valence-electron chi connectivity index (χ0n) is 8.65. The van der Waals surface area contributed by atoms with Gasteiger partial charge in [-0.3, -0.25) is 0 Å². The Kier molecular flexibility index (Phi) is 4.02. The molecule has 0 N–H and O–H groups in total. The number of rotatable bonds is 2. The van der Waals surface area contributed by atoms with E-state index in [4.69, 9.17) is 10.00 Å². The van der Waals surface area contributed by atoms with Crippen LogP contribution in [0.4, 0.5) is 0 Å². The largest absolute Gasteiger partial charge is 0.456 e. The quantitative estimate of drug-likeness (QED) is 0.684. The predicted molar refractivity (Wildman–Crippen MR) is 78.1 cm³/mol. The molecular formula is C13H7BrINO. The van der Waals surface area contributed by atoms with E-state index in [9.17, 15) is 0 Å². The van der Waals surface area contributed by atoms with Crippen LogP contribution in [0.2, 0.25) is 0 Å². The van der Waals surface area contributed by atoms with Gasteiger partial charge in [0.05, 0.1) is 5.56 Å². The standard InChI is InChI=1S/C13H7BrINO/c14-10-1-6-13(9(7-10)8-16)17-12-4-2-11(15)3-5-12/h1-7H. The van der Waals surface area contributed by atoms with E-state index in [-0.39, 0.29) is 0 Å². The third kappa shape index (κ3) is 3.20. The topological polar surface area (TPSA) is 33.0 Å². The number of hydrogen-bond acceptors (Lipinski definition) is 2. The molecule has 2 rings (SSSR count). The highest BCUT2D eigenvalue weighted by Crippen LogP contribution is 2.27. The molecule has 2 aromatic rings. The molecule has 2 aromatic carbocycles. The van der Waals surface area contributed by atoms with Gasteiger partial charge in [0.15, 0.2) is 0 Å². The molecule has 0 saturated carbocycles. The van der Waals surface area contributed by atoms with Crippen molar-refractivity contribution in [2.75, 3.05) is 0 Å². The molecule has 0 aliphatic carbocycles. The molecular weight excluding hydrogens is 393 g/mol. The van der Waals surface area contributed by atoms with Gasteiger partial charge in [-0.1, -0.05) is 15.9 Å². The van der Waals surface area contributed by atoms with Gasteiger partial charge in [0.1, 0.15) is 17.6 Å². The first-order chi connectivity index (χ1) is 8.19. The van der Waals surface area contributed by atoms with Gasteiger partial charge in [0.2, 0.25) is 0 Å². The minimum atomic E-state index is 0.512. The van der Waals surface area contributed by atoms with Gasteiger partial charge in [-0.15, -0.1) is 0 Å². The maximum Gasteiger partial charge on any atom is 0.145 e. The van der Waals surface area contributed by atoms with Crippen LogP contribution < -0.4 is 4.74 Å². The van der Waals surface area contributed by atoms with Crippen LogP contribution in [0, 0.1) is 14.9 Å². The van der Waals surface area contributed by atoms with Crippen LogP contribution in [-0.4, -0.2) is 0 Å². The summed E-state index contributed by atoms with van der Waals surface area (Å²) in [6, 6.07) is 15.2. The lowest BCUT2D eigenvalue weighted by Crippen LogP contribution is -1.88. The maximum absolute atomic E-state index is 9.01. The Morgan fingerprint density at radius 2 is 1.82 bits per heavy atom. The Balaban J connectivity index is 2.30. The van der Waals surface area contributed by atoms with E-state index in [2.05, 4.69) is 44.6 Å². The molecule has 2 nitrogen and oxygen atoms in total. The average Bonchev–Trinajstić information content (AvgIpc) is 2.34. The molecule has 0 amide bonds. The highest BCUT2D eigenvalue weighted by Gasteiger charge is 2.05. The summed E-state index contributed by atoms with van der Waals surface area (Å²) >= 11 is 5.56. The van der Waals surface area contributed by atoms with Crippen LogP contribution in [-0.2, 0) is 0 Å². The van der Waals surface area contributed by atoms with Gasteiger partial charge in [0.25, 0.3) is 0 Å². The lowest BCUT2D eigenvalue weighted by atomic mass is 10.2. The molecule has 0 aliphatic heterocycles. The summed E-state index contributed by atoms with van der Waals surface area (Å²) in [6.07, 6.45) is 0. The van der Waals surface area contributed by atoms with Gasteiger partial charge in [-0.25, -0.2) is 0 Å². The molecule has 0 aliphatic rings. The molecule has 84 valence electrons. The van der Waals surface area contributed by atoms with Crippen LogP contribution in [0.25, 0.3) is 0 Å². The Bertz CT molecular complexity index is 575. The predicted octanol–water partition coefficient (Wildman–Crippen LogP) is 4.72. The second-order valence-electron chi connectivity index (χ2n) is 3.31. The van der Waals surface area contributed by atoms with Gasteiger partial charge in [-0.05, 0) is 65.1 Å². The van der Waals surface area contributed by atoms with E-state index < -0.39 is 0 Å². The minimum Gasteiger partial charge on any atom is -0.456 e. The lowest BCUT2D eigenvalue weighted by Gasteiger charge is -2.07. The highest BCUT2D eigenvalue weighted by molar-refractivity contribution is 14.1. The second kappa shape index (κ2) is 5.52. The molecule has 0 unspecified atom stereocenters. The zero-order valence-corrected chi connectivity index (χ0v) is 12.4. The molecule has 0 aromatic heterocycles. The van der Waals surface area contributed by atoms with Crippen LogP contribution in [0.15, 0.2) is 46.9 Å². The number of nitriles is 1. The molecule has 0 fully saturated rings. The van der Waals surface area contributed by atoms with E-state index in [0.29, 0.717) is 11.3 Å². The monoisotopic (exact) mass is 399 g/mol. The second-order valence-corrected chi connectivity index (χ2v) is 5.47. The highest BCUT2D eigenvalue weighted by atomic mass is 127. The summed E-state index contributed by atoms with van der Waals surface area (Å²) < 4.78 is 7.67. The van der Waals surface area contributed by atoms with Crippen molar-refractivity contribution in [1.82, 2.24) is 0 Å². The van der Waals surface area contributed by atoms with E-state index in [1.807, 2.05) is 30.3 Å². The molecule has 0 saturated heterocycles. The Labute approximate surface area is 121 Å². The van der Waals surface area contributed by atoms with Crippen LogP contribution in [0.1, 0.15) is 5.56 Å². The van der Waals surface area contributed by atoms with Gasteiger partial charge in [-0.2, -0.15) is 5.26 Å². The van der Waals surface area contributed by atoms with Gasteiger partial charge < -0.3 is 4.74 Å².